The molecule has 0 bridgehead atoms. The number of rotatable bonds is 5. The maximum Gasteiger partial charge on any atom is 0.0603 e. The molecule has 0 spiro atoms. The Balaban J connectivity index is 2.40. The summed E-state index contributed by atoms with van der Waals surface area (Å²) in [6.07, 6.45) is 4.86. The summed E-state index contributed by atoms with van der Waals surface area (Å²) in [7, 11) is 0. The van der Waals surface area contributed by atoms with E-state index >= 15 is 0 Å². The third kappa shape index (κ3) is 3.64. The van der Waals surface area contributed by atoms with E-state index in [0.717, 1.165) is 17.4 Å². The predicted octanol–water partition coefficient (Wildman–Crippen LogP) is 4.24. The molecule has 100 valence electrons. The molecule has 0 saturated carbocycles. The molecule has 1 heterocycles. The maximum atomic E-state index is 4.24. The lowest BCUT2D eigenvalue weighted by atomic mass is 9.98. The molecule has 0 saturated heterocycles. The third-order valence-electron chi connectivity index (χ3n) is 3.08. The minimum Gasteiger partial charge on any atom is -0.306 e. The monoisotopic (exact) mass is 318 g/mol. The van der Waals surface area contributed by atoms with Crippen LogP contribution in [0.2, 0.25) is 0 Å². The number of nitrogens with one attached hydrogen (secondary N) is 1. The Kier molecular flexibility index (Phi) is 5.11. The average molecular weight is 319 g/mol. The van der Waals surface area contributed by atoms with E-state index in [9.17, 15) is 0 Å². The van der Waals surface area contributed by atoms with Gasteiger partial charge in [0.1, 0.15) is 0 Å². The fourth-order valence-electron chi connectivity index (χ4n) is 2.13. The van der Waals surface area contributed by atoms with Crippen molar-refractivity contribution in [2.45, 2.75) is 26.3 Å². The molecular formula is C16H19BrN2. The molecular weight excluding hydrogens is 300 g/mol. The highest BCUT2D eigenvalue weighted by Gasteiger charge is 2.16. The molecule has 2 aromatic rings. The van der Waals surface area contributed by atoms with Gasteiger partial charge in [0.15, 0.2) is 0 Å². The van der Waals surface area contributed by atoms with Crippen LogP contribution in [0, 0.1) is 6.92 Å². The van der Waals surface area contributed by atoms with Crippen molar-refractivity contribution in [1.82, 2.24) is 10.3 Å². The standard InChI is InChI=1S/C16H19BrN2/c1-3-8-19-16(13-5-4-9-18-11-13)14-10-12(2)6-7-15(14)17/h4-7,9-11,16,19H,3,8H2,1-2H3. The van der Waals surface area contributed by atoms with E-state index in [1.54, 1.807) is 0 Å². The number of halogens is 1. The van der Waals surface area contributed by atoms with E-state index in [1.807, 2.05) is 18.5 Å². The molecule has 2 rings (SSSR count). The van der Waals surface area contributed by atoms with Gasteiger partial charge in [-0.3, -0.25) is 4.98 Å². The summed E-state index contributed by atoms with van der Waals surface area (Å²) in [5.74, 6) is 0. The van der Waals surface area contributed by atoms with Gasteiger partial charge >= 0.3 is 0 Å². The van der Waals surface area contributed by atoms with Crippen LogP contribution in [0.1, 0.15) is 36.1 Å². The molecule has 1 N–H and O–H groups in total. The van der Waals surface area contributed by atoms with E-state index < -0.39 is 0 Å². The van der Waals surface area contributed by atoms with Crippen molar-refractivity contribution in [2.75, 3.05) is 6.54 Å². The van der Waals surface area contributed by atoms with Gasteiger partial charge in [0.25, 0.3) is 0 Å². The van der Waals surface area contributed by atoms with E-state index in [0.29, 0.717) is 0 Å². The number of hydrogen-bond donors (Lipinski definition) is 1. The summed E-state index contributed by atoms with van der Waals surface area (Å²) in [6, 6.07) is 10.7. The molecule has 1 unspecified atom stereocenters. The molecule has 1 aromatic heterocycles. The molecule has 2 nitrogen and oxygen atoms in total. The zero-order valence-electron chi connectivity index (χ0n) is 11.4. The average Bonchev–Trinajstić information content (AvgIpc) is 2.44. The zero-order chi connectivity index (χ0) is 13.7. The van der Waals surface area contributed by atoms with Gasteiger partial charge in [0.05, 0.1) is 6.04 Å². The van der Waals surface area contributed by atoms with E-state index in [2.05, 4.69) is 64.3 Å². The lowest BCUT2D eigenvalue weighted by Gasteiger charge is -2.21. The van der Waals surface area contributed by atoms with Crippen LogP contribution in [0.3, 0.4) is 0 Å². The van der Waals surface area contributed by atoms with Crippen LogP contribution in [0.4, 0.5) is 0 Å². The SMILES string of the molecule is CCCNC(c1cccnc1)c1cc(C)ccc1Br. The second-order valence-corrected chi connectivity index (χ2v) is 5.55. The molecule has 1 atom stereocenters. The third-order valence-corrected chi connectivity index (χ3v) is 3.80. The van der Waals surface area contributed by atoms with Crippen molar-refractivity contribution in [2.24, 2.45) is 0 Å². The van der Waals surface area contributed by atoms with Gasteiger partial charge in [-0.2, -0.15) is 0 Å². The van der Waals surface area contributed by atoms with Crippen LogP contribution in [0.15, 0.2) is 47.2 Å². The molecule has 19 heavy (non-hydrogen) atoms. The van der Waals surface area contributed by atoms with Crippen LogP contribution in [-0.2, 0) is 0 Å². The first-order valence-electron chi connectivity index (χ1n) is 6.61. The Morgan fingerprint density at radius 2 is 2.16 bits per heavy atom. The van der Waals surface area contributed by atoms with E-state index in [-0.39, 0.29) is 6.04 Å². The van der Waals surface area contributed by atoms with Crippen LogP contribution < -0.4 is 5.32 Å². The summed E-state index contributed by atoms with van der Waals surface area (Å²) in [6.45, 7) is 5.29. The Labute approximate surface area is 123 Å². The summed E-state index contributed by atoms with van der Waals surface area (Å²) < 4.78 is 1.13. The van der Waals surface area contributed by atoms with Crippen molar-refractivity contribution >= 4 is 15.9 Å². The highest BCUT2D eigenvalue weighted by atomic mass is 79.9. The maximum absolute atomic E-state index is 4.24. The van der Waals surface area contributed by atoms with Crippen molar-refractivity contribution in [3.63, 3.8) is 0 Å². The lowest BCUT2D eigenvalue weighted by Crippen LogP contribution is -2.23. The smallest absolute Gasteiger partial charge is 0.0603 e. The molecule has 0 aliphatic carbocycles. The van der Waals surface area contributed by atoms with Gasteiger partial charge in [-0.05, 0) is 43.1 Å². The molecule has 0 amide bonds. The number of aromatic nitrogens is 1. The number of hydrogen-bond acceptors (Lipinski definition) is 2. The van der Waals surface area contributed by atoms with Gasteiger partial charge in [-0.1, -0.05) is 46.6 Å². The second kappa shape index (κ2) is 6.83. The predicted molar refractivity (Wildman–Crippen MR) is 83.3 cm³/mol. The molecule has 0 aliphatic rings. The highest BCUT2D eigenvalue weighted by Crippen LogP contribution is 2.29. The Morgan fingerprint density at radius 1 is 1.32 bits per heavy atom. The van der Waals surface area contributed by atoms with Crippen molar-refractivity contribution < 1.29 is 0 Å². The lowest BCUT2D eigenvalue weighted by molar-refractivity contribution is 0.595. The van der Waals surface area contributed by atoms with E-state index in [1.165, 1.54) is 16.7 Å². The Bertz CT molecular complexity index is 526. The van der Waals surface area contributed by atoms with Gasteiger partial charge in [0.2, 0.25) is 0 Å². The Morgan fingerprint density at radius 3 is 2.84 bits per heavy atom. The van der Waals surface area contributed by atoms with Crippen molar-refractivity contribution in [3.05, 3.63) is 63.9 Å². The molecule has 0 radical (unpaired) electrons. The minimum atomic E-state index is 0.183. The Hall–Kier alpha value is -1.19. The first kappa shape index (κ1) is 14.2. The summed E-state index contributed by atoms with van der Waals surface area (Å²) in [4.78, 5) is 4.24. The zero-order valence-corrected chi connectivity index (χ0v) is 12.9. The topological polar surface area (TPSA) is 24.9 Å². The first-order chi connectivity index (χ1) is 9.22. The number of pyridine rings is 1. The van der Waals surface area contributed by atoms with Crippen LogP contribution >= 0.6 is 15.9 Å². The number of aryl methyl sites for hydroxylation is 1. The fraction of sp³-hybridized carbons (Fsp3) is 0.312. The highest BCUT2D eigenvalue weighted by molar-refractivity contribution is 9.10. The van der Waals surface area contributed by atoms with Gasteiger partial charge in [0, 0.05) is 16.9 Å². The minimum absolute atomic E-state index is 0.183. The quantitative estimate of drug-likeness (QED) is 0.891. The summed E-state index contributed by atoms with van der Waals surface area (Å²) in [5.41, 5.74) is 3.73. The number of nitrogens with zero attached hydrogens (tertiary/aromatic N) is 1. The molecule has 3 heteroatoms. The number of benzene rings is 1. The summed E-state index contributed by atoms with van der Waals surface area (Å²) >= 11 is 3.66. The molecule has 0 fully saturated rings. The molecule has 1 aromatic carbocycles. The van der Waals surface area contributed by atoms with Crippen LogP contribution in [0.5, 0.6) is 0 Å². The van der Waals surface area contributed by atoms with E-state index in [4.69, 9.17) is 0 Å². The second-order valence-electron chi connectivity index (χ2n) is 4.70. The normalized spacial score (nSPS) is 12.4. The summed E-state index contributed by atoms with van der Waals surface area (Å²) in [5, 5.41) is 3.60. The van der Waals surface area contributed by atoms with Crippen LogP contribution in [-0.4, -0.2) is 11.5 Å². The van der Waals surface area contributed by atoms with Gasteiger partial charge in [-0.15, -0.1) is 0 Å². The van der Waals surface area contributed by atoms with Gasteiger partial charge in [-0.25, -0.2) is 0 Å². The molecule has 0 aliphatic heterocycles. The fourth-order valence-corrected chi connectivity index (χ4v) is 2.60. The first-order valence-corrected chi connectivity index (χ1v) is 7.41. The largest absolute Gasteiger partial charge is 0.306 e. The van der Waals surface area contributed by atoms with Gasteiger partial charge < -0.3 is 5.32 Å². The van der Waals surface area contributed by atoms with Crippen LogP contribution in [0.25, 0.3) is 0 Å². The van der Waals surface area contributed by atoms with Crippen molar-refractivity contribution in [3.8, 4) is 0 Å². The van der Waals surface area contributed by atoms with Crippen molar-refractivity contribution in [1.29, 1.82) is 0 Å².